The lowest BCUT2D eigenvalue weighted by atomic mass is 10.1. The highest BCUT2D eigenvalue weighted by Crippen LogP contribution is 2.18. The Morgan fingerprint density at radius 3 is 2.32 bits per heavy atom. The minimum Gasteiger partial charge on any atom is -0.497 e. The van der Waals surface area contributed by atoms with Crippen molar-refractivity contribution in [3.05, 3.63) is 40.5 Å². The van der Waals surface area contributed by atoms with Gasteiger partial charge in [0.1, 0.15) is 10.2 Å². The number of rotatable bonds is 4. The number of urea groups is 1. The van der Waals surface area contributed by atoms with Crippen LogP contribution in [0.4, 0.5) is 4.79 Å². The summed E-state index contributed by atoms with van der Waals surface area (Å²) in [6, 6.07) is 6.83. The third-order valence-electron chi connectivity index (χ3n) is 2.66. The molecule has 0 aliphatic carbocycles. The molecule has 0 heterocycles. The Kier molecular flexibility index (Phi) is 6.71. The molecule has 0 fully saturated rings. The Hall–Kier alpha value is -1.72. The van der Waals surface area contributed by atoms with Gasteiger partial charge in [-0.1, -0.05) is 23.2 Å². The summed E-state index contributed by atoms with van der Waals surface area (Å²) in [5, 5.41) is 3.92. The maximum absolute atomic E-state index is 12.1. The molecule has 0 saturated carbocycles. The summed E-state index contributed by atoms with van der Waals surface area (Å²) >= 11 is 11.3. The van der Waals surface area contributed by atoms with Crippen molar-refractivity contribution in [3.8, 4) is 5.75 Å². The van der Waals surface area contributed by atoms with E-state index in [1.165, 1.54) is 17.3 Å². The molecule has 0 aliphatic heterocycles. The first-order valence-corrected chi connectivity index (χ1v) is 7.29. The normalized spacial score (nSPS) is 11.2. The molecular formula is C15H19Cl2N3O2. The molecule has 1 aromatic rings. The van der Waals surface area contributed by atoms with Crippen LogP contribution in [-0.4, -0.2) is 29.8 Å². The van der Waals surface area contributed by atoms with Crippen LogP contribution in [0.2, 0.25) is 0 Å². The SMILES string of the molecule is COc1ccc(C=NNC(=O)N(C=C(Cl)Cl)C(C)(C)C)cc1. The zero-order valence-electron chi connectivity index (χ0n) is 12.9. The molecule has 0 unspecified atom stereocenters. The summed E-state index contributed by atoms with van der Waals surface area (Å²) in [5.74, 6) is 0.752. The van der Waals surface area contributed by atoms with Gasteiger partial charge in [0, 0.05) is 11.7 Å². The third-order valence-corrected chi connectivity index (χ3v) is 2.85. The average molecular weight is 344 g/mol. The molecular weight excluding hydrogens is 325 g/mol. The Labute approximate surface area is 140 Å². The molecule has 5 nitrogen and oxygen atoms in total. The van der Waals surface area contributed by atoms with Crippen molar-refractivity contribution >= 4 is 35.4 Å². The lowest BCUT2D eigenvalue weighted by molar-refractivity contribution is 0.179. The molecule has 7 heteroatoms. The molecule has 1 rings (SSSR count). The number of halogens is 2. The van der Waals surface area contributed by atoms with Gasteiger partial charge in [-0.05, 0) is 50.6 Å². The van der Waals surface area contributed by atoms with E-state index in [1.807, 2.05) is 32.9 Å². The molecule has 0 aliphatic rings. The Morgan fingerprint density at radius 2 is 1.86 bits per heavy atom. The number of amides is 2. The maximum atomic E-state index is 12.1. The standard InChI is InChI=1S/C15H19Cl2N3O2/c1-15(2,3)20(10-13(16)17)14(21)19-18-9-11-5-7-12(22-4)8-6-11/h5-10H,1-4H3,(H,19,21). The minimum absolute atomic E-state index is 0.00999. The smallest absolute Gasteiger partial charge is 0.342 e. The number of benzene rings is 1. The summed E-state index contributed by atoms with van der Waals surface area (Å²) in [5.41, 5.74) is 2.77. The zero-order chi connectivity index (χ0) is 16.8. The van der Waals surface area contributed by atoms with E-state index in [-0.39, 0.29) is 4.49 Å². The van der Waals surface area contributed by atoms with Crippen LogP contribution >= 0.6 is 23.2 Å². The first-order valence-electron chi connectivity index (χ1n) is 6.53. The molecule has 2 amide bonds. The lowest BCUT2D eigenvalue weighted by Crippen LogP contribution is -2.45. The number of hydrazone groups is 1. The highest BCUT2D eigenvalue weighted by molar-refractivity contribution is 6.55. The summed E-state index contributed by atoms with van der Waals surface area (Å²) in [4.78, 5) is 13.5. The monoisotopic (exact) mass is 343 g/mol. The molecule has 22 heavy (non-hydrogen) atoms. The quantitative estimate of drug-likeness (QED) is 0.660. The highest BCUT2D eigenvalue weighted by Gasteiger charge is 2.25. The molecule has 0 radical (unpaired) electrons. The van der Waals surface area contributed by atoms with E-state index >= 15 is 0 Å². The predicted octanol–water partition coefficient (Wildman–Crippen LogP) is 4.12. The minimum atomic E-state index is -0.491. The van der Waals surface area contributed by atoms with Crippen LogP contribution < -0.4 is 10.2 Å². The van der Waals surface area contributed by atoms with E-state index in [0.29, 0.717) is 0 Å². The molecule has 0 bridgehead atoms. The first kappa shape index (κ1) is 18.3. The van der Waals surface area contributed by atoms with E-state index in [2.05, 4.69) is 10.5 Å². The van der Waals surface area contributed by atoms with Gasteiger partial charge in [0.05, 0.1) is 13.3 Å². The Morgan fingerprint density at radius 1 is 1.27 bits per heavy atom. The number of hydrogen-bond donors (Lipinski definition) is 1. The van der Waals surface area contributed by atoms with Crippen molar-refractivity contribution in [2.45, 2.75) is 26.3 Å². The summed E-state index contributed by atoms with van der Waals surface area (Å²) < 4.78 is 5.06. The number of carbonyl (C=O) groups excluding carboxylic acids is 1. The van der Waals surface area contributed by atoms with Gasteiger partial charge in [-0.15, -0.1) is 0 Å². The van der Waals surface area contributed by atoms with Gasteiger partial charge >= 0.3 is 6.03 Å². The van der Waals surface area contributed by atoms with Gasteiger partial charge in [0.15, 0.2) is 0 Å². The van der Waals surface area contributed by atoms with Crippen molar-refractivity contribution in [1.29, 1.82) is 0 Å². The average Bonchev–Trinajstić information content (AvgIpc) is 2.44. The van der Waals surface area contributed by atoms with Crippen molar-refractivity contribution in [2.75, 3.05) is 7.11 Å². The summed E-state index contributed by atoms with van der Waals surface area (Å²) in [6.07, 6.45) is 2.88. The molecule has 1 N–H and O–H groups in total. The number of nitrogens with one attached hydrogen (secondary N) is 1. The molecule has 0 atom stereocenters. The van der Waals surface area contributed by atoms with Crippen LogP contribution in [0, 0.1) is 0 Å². The second-order valence-corrected chi connectivity index (χ2v) is 6.42. The second kappa shape index (κ2) is 8.06. The van der Waals surface area contributed by atoms with E-state index in [1.54, 1.807) is 19.2 Å². The van der Waals surface area contributed by atoms with Crippen LogP contribution in [0.15, 0.2) is 40.1 Å². The number of methoxy groups -OCH3 is 1. The Bertz CT molecular complexity index is 559. The van der Waals surface area contributed by atoms with Gasteiger partial charge in [-0.3, -0.25) is 4.90 Å². The fourth-order valence-corrected chi connectivity index (χ4v) is 1.76. The van der Waals surface area contributed by atoms with Crippen LogP contribution in [0.25, 0.3) is 0 Å². The highest BCUT2D eigenvalue weighted by atomic mass is 35.5. The molecule has 0 aromatic heterocycles. The van der Waals surface area contributed by atoms with Gasteiger partial charge in [0.25, 0.3) is 0 Å². The second-order valence-electron chi connectivity index (χ2n) is 5.41. The fraction of sp³-hybridized carbons (Fsp3) is 0.333. The zero-order valence-corrected chi connectivity index (χ0v) is 14.4. The number of ether oxygens (including phenoxy) is 1. The van der Waals surface area contributed by atoms with E-state index in [4.69, 9.17) is 27.9 Å². The maximum Gasteiger partial charge on any atom is 0.342 e. The van der Waals surface area contributed by atoms with Crippen molar-refractivity contribution in [2.24, 2.45) is 5.10 Å². The van der Waals surface area contributed by atoms with E-state index < -0.39 is 11.6 Å². The summed E-state index contributed by atoms with van der Waals surface area (Å²) in [6.45, 7) is 5.56. The van der Waals surface area contributed by atoms with Crippen LogP contribution in [0.5, 0.6) is 5.75 Å². The third kappa shape index (κ3) is 5.95. The van der Waals surface area contributed by atoms with Crippen molar-refractivity contribution < 1.29 is 9.53 Å². The van der Waals surface area contributed by atoms with E-state index in [0.717, 1.165) is 11.3 Å². The summed E-state index contributed by atoms with van der Waals surface area (Å²) in [7, 11) is 1.60. The van der Waals surface area contributed by atoms with Crippen LogP contribution in [0.1, 0.15) is 26.3 Å². The molecule has 0 spiro atoms. The van der Waals surface area contributed by atoms with Gasteiger partial charge in [-0.2, -0.15) is 5.10 Å². The first-order chi connectivity index (χ1) is 10.2. The van der Waals surface area contributed by atoms with Crippen molar-refractivity contribution in [3.63, 3.8) is 0 Å². The van der Waals surface area contributed by atoms with Crippen LogP contribution in [0.3, 0.4) is 0 Å². The van der Waals surface area contributed by atoms with Crippen LogP contribution in [-0.2, 0) is 0 Å². The Balaban J connectivity index is 2.73. The lowest BCUT2D eigenvalue weighted by Gasteiger charge is -2.31. The molecule has 0 saturated heterocycles. The van der Waals surface area contributed by atoms with Gasteiger partial charge in [0.2, 0.25) is 0 Å². The predicted molar refractivity (Wildman–Crippen MR) is 90.5 cm³/mol. The largest absolute Gasteiger partial charge is 0.497 e. The van der Waals surface area contributed by atoms with Gasteiger partial charge in [-0.25, -0.2) is 10.2 Å². The number of hydrogen-bond acceptors (Lipinski definition) is 3. The van der Waals surface area contributed by atoms with E-state index in [9.17, 15) is 4.79 Å². The van der Waals surface area contributed by atoms with Crippen molar-refractivity contribution in [1.82, 2.24) is 10.3 Å². The topological polar surface area (TPSA) is 53.9 Å². The molecule has 120 valence electrons. The number of nitrogens with zero attached hydrogens (tertiary/aromatic N) is 2. The van der Waals surface area contributed by atoms with Gasteiger partial charge < -0.3 is 4.74 Å². The number of carbonyl (C=O) groups is 1. The molecule has 1 aromatic carbocycles. The fourth-order valence-electron chi connectivity index (χ4n) is 1.56.